The standard InChI is InChI=1S/C16H15N7.ClH/c1-2-14-11(9-19-20-14)7-12(1)22-5-4-18-16(22)15-8-13-10-17-3-6-23(13)21-15;/h1-2,4-5,7-9,17H,3,6,10H2,(H,19,20);1H. The van der Waals surface area contributed by atoms with Crippen molar-refractivity contribution in [3.63, 3.8) is 0 Å². The maximum absolute atomic E-state index is 4.71. The van der Waals surface area contributed by atoms with Gasteiger partial charge in [-0.25, -0.2) is 4.98 Å². The van der Waals surface area contributed by atoms with Crippen molar-refractivity contribution < 1.29 is 0 Å². The Kier molecular flexibility index (Phi) is 3.59. The molecule has 0 fully saturated rings. The fraction of sp³-hybridized carbons (Fsp3) is 0.188. The number of hydrogen-bond acceptors (Lipinski definition) is 4. The lowest BCUT2D eigenvalue weighted by Gasteiger charge is -2.13. The van der Waals surface area contributed by atoms with Gasteiger partial charge in [-0.05, 0) is 24.3 Å². The van der Waals surface area contributed by atoms with E-state index in [1.165, 1.54) is 5.69 Å². The van der Waals surface area contributed by atoms with E-state index in [2.05, 4.69) is 47.9 Å². The third-order valence-corrected chi connectivity index (χ3v) is 4.24. The second-order valence-electron chi connectivity index (χ2n) is 5.68. The second-order valence-corrected chi connectivity index (χ2v) is 5.68. The predicted octanol–water partition coefficient (Wildman–Crippen LogP) is 2.14. The van der Waals surface area contributed by atoms with E-state index in [0.717, 1.165) is 47.7 Å². The van der Waals surface area contributed by atoms with Crippen molar-refractivity contribution in [2.75, 3.05) is 6.54 Å². The molecule has 0 radical (unpaired) electrons. The third-order valence-electron chi connectivity index (χ3n) is 4.24. The lowest BCUT2D eigenvalue weighted by molar-refractivity contribution is 0.476. The SMILES string of the molecule is Cl.c1cn(-c2ccc3[nH]ncc3c2)c(-c2cc3n(n2)CCNC3)n1. The van der Waals surface area contributed by atoms with Gasteiger partial charge in [-0.1, -0.05) is 0 Å². The van der Waals surface area contributed by atoms with Crippen molar-refractivity contribution >= 4 is 23.3 Å². The molecule has 3 aromatic heterocycles. The van der Waals surface area contributed by atoms with Crippen LogP contribution in [0.1, 0.15) is 5.69 Å². The van der Waals surface area contributed by atoms with E-state index in [1.807, 2.05) is 24.7 Å². The first-order valence-corrected chi connectivity index (χ1v) is 7.63. The second kappa shape index (κ2) is 5.77. The normalized spacial score (nSPS) is 13.7. The largest absolute Gasteiger partial charge is 0.309 e. The Morgan fingerprint density at radius 2 is 2.12 bits per heavy atom. The number of imidazole rings is 1. The zero-order valence-corrected chi connectivity index (χ0v) is 13.6. The monoisotopic (exact) mass is 341 g/mol. The van der Waals surface area contributed by atoms with Gasteiger partial charge < -0.3 is 5.32 Å². The number of aromatic nitrogens is 6. The number of H-pyrrole nitrogens is 1. The van der Waals surface area contributed by atoms with Crippen molar-refractivity contribution in [3.05, 3.63) is 48.5 Å². The van der Waals surface area contributed by atoms with E-state index >= 15 is 0 Å². The Hall–Kier alpha value is -2.64. The Morgan fingerprint density at radius 1 is 1.17 bits per heavy atom. The summed E-state index contributed by atoms with van der Waals surface area (Å²) in [6.07, 6.45) is 5.61. The van der Waals surface area contributed by atoms with Crippen LogP contribution in [-0.4, -0.2) is 36.1 Å². The highest BCUT2D eigenvalue weighted by molar-refractivity contribution is 5.85. The summed E-state index contributed by atoms with van der Waals surface area (Å²) in [7, 11) is 0. The van der Waals surface area contributed by atoms with Crippen LogP contribution < -0.4 is 5.32 Å². The van der Waals surface area contributed by atoms with Gasteiger partial charge in [0.2, 0.25) is 0 Å². The van der Waals surface area contributed by atoms with E-state index in [9.17, 15) is 0 Å². The Morgan fingerprint density at radius 3 is 3.04 bits per heavy atom. The number of nitrogens with one attached hydrogen (secondary N) is 2. The van der Waals surface area contributed by atoms with Crippen LogP contribution in [0.5, 0.6) is 0 Å². The fourth-order valence-electron chi connectivity index (χ4n) is 3.08. The van der Waals surface area contributed by atoms with Gasteiger partial charge in [-0.2, -0.15) is 10.2 Å². The molecule has 0 saturated heterocycles. The molecule has 0 unspecified atom stereocenters. The van der Waals surface area contributed by atoms with E-state index in [1.54, 1.807) is 0 Å². The van der Waals surface area contributed by atoms with Gasteiger partial charge in [0.1, 0.15) is 5.69 Å². The smallest absolute Gasteiger partial charge is 0.165 e. The maximum Gasteiger partial charge on any atom is 0.165 e. The number of halogens is 1. The summed E-state index contributed by atoms with van der Waals surface area (Å²) in [6, 6.07) is 8.30. The summed E-state index contributed by atoms with van der Waals surface area (Å²) >= 11 is 0. The Balaban J connectivity index is 0.00000146. The van der Waals surface area contributed by atoms with Crippen molar-refractivity contribution in [1.29, 1.82) is 0 Å². The van der Waals surface area contributed by atoms with Gasteiger partial charge in [0, 0.05) is 36.6 Å². The van der Waals surface area contributed by atoms with Crippen LogP contribution in [-0.2, 0) is 13.1 Å². The van der Waals surface area contributed by atoms with Gasteiger partial charge in [-0.3, -0.25) is 14.3 Å². The first kappa shape index (κ1) is 14.9. The number of rotatable bonds is 2. The minimum Gasteiger partial charge on any atom is -0.309 e. The number of aromatic amines is 1. The van der Waals surface area contributed by atoms with Crippen LogP contribution in [0, 0.1) is 0 Å². The highest BCUT2D eigenvalue weighted by Crippen LogP contribution is 2.24. The number of nitrogens with zero attached hydrogens (tertiary/aromatic N) is 5. The molecule has 0 amide bonds. The molecule has 0 spiro atoms. The molecule has 24 heavy (non-hydrogen) atoms. The zero-order chi connectivity index (χ0) is 15.2. The summed E-state index contributed by atoms with van der Waals surface area (Å²) in [5.74, 6) is 0.856. The van der Waals surface area contributed by atoms with Crippen LogP contribution in [0.15, 0.2) is 42.9 Å². The van der Waals surface area contributed by atoms with Crippen LogP contribution >= 0.6 is 12.4 Å². The molecule has 122 valence electrons. The van der Waals surface area contributed by atoms with Crippen LogP contribution in [0.2, 0.25) is 0 Å². The molecule has 2 N–H and O–H groups in total. The maximum atomic E-state index is 4.71. The molecule has 1 aliphatic rings. The molecule has 4 aromatic rings. The Labute approximate surface area is 144 Å². The van der Waals surface area contributed by atoms with Crippen LogP contribution in [0.25, 0.3) is 28.1 Å². The molecule has 8 heteroatoms. The lowest BCUT2D eigenvalue weighted by atomic mass is 10.2. The summed E-state index contributed by atoms with van der Waals surface area (Å²) < 4.78 is 4.12. The minimum atomic E-state index is 0. The number of fused-ring (bicyclic) bond motifs is 2. The first-order chi connectivity index (χ1) is 11.4. The average Bonchev–Trinajstić information content (AvgIpc) is 3.31. The summed E-state index contributed by atoms with van der Waals surface area (Å²) in [4.78, 5) is 4.52. The highest BCUT2D eigenvalue weighted by Gasteiger charge is 2.16. The third kappa shape index (κ3) is 2.29. The fourth-order valence-corrected chi connectivity index (χ4v) is 3.08. The summed E-state index contributed by atoms with van der Waals surface area (Å²) in [6.45, 7) is 2.71. The van der Waals surface area contributed by atoms with Crippen molar-refractivity contribution in [3.8, 4) is 17.2 Å². The van der Waals surface area contributed by atoms with Gasteiger partial charge in [-0.15, -0.1) is 12.4 Å². The van der Waals surface area contributed by atoms with E-state index in [4.69, 9.17) is 5.10 Å². The molecule has 1 aliphatic heterocycles. The highest BCUT2D eigenvalue weighted by atomic mass is 35.5. The molecule has 1 aromatic carbocycles. The van der Waals surface area contributed by atoms with E-state index in [0.29, 0.717) is 0 Å². The van der Waals surface area contributed by atoms with Gasteiger partial charge >= 0.3 is 0 Å². The van der Waals surface area contributed by atoms with E-state index in [-0.39, 0.29) is 12.4 Å². The Bertz CT molecular complexity index is 973. The first-order valence-electron chi connectivity index (χ1n) is 7.63. The summed E-state index contributed by atoms with van der Waals surface area (Å²) in [5, 5.41) is 16.2. The zero-order valence-electron chi connectivity index (χ0n) is 12.8. The predicted molar refractivity (Wildman–Crippen MR) is 93.4 cm³/mol. The molecular formula is C16H16ClN7. The molecular weight excluding hydrogens is 326 g/mol. The quantitative estimate of drug-likeness (QED) is 0.585. The van der Waals surface area contributed by atoms with Gasteiger partial charge in [0.05, 0.1) is 24.0 Å². The topological polar surface area (TPSA) is 76.3 Å². The van der Waals surface area contributed by atoms with Gasteiger partial charge in [0.25, 0.3) is 0 Å². The average molecular weight is 342 g/mol. The minimum absolute atomic E-state index is 0. The summed E-state index contributed by atoms with van der Waals surface area (Å²) in [5.41, 5.74) is 4.18. The van der Waals surface area contributed by atoms with Crippen LogP contribution in [0.3, 0.4) is 0 Å². The molecule has 0 saturated carbocycles. The molecule has 5 rings (SSSR count). The van der Waals surface area contributed by atoms with E-state index < -0.39 is 0 Å². The van der Waals surface area contributed by atoms with Gasteiger partial charge in [0.15, 0.2) is 5.82 Å². The molecule has 0 aliphatic carbocycles. The molecule has 0 bridgehead atoms. The van der Waals surface area contributed by atoms with Crippen molar-refractivity contribution in [2.45, 2.75) is 13.1 Å². The van der Waals surface area contributed by atoms with Crippen molar-refractivity contribution in [2.24, 2.45) is 0 Å². The number of benzene rings is 1. The molecule has 7 nitrogen and oxygen atoms in total. The lowest BCUT2D eigenvalue weighted by Crippen LogP contribution is -2.28. The number of hydrogen-bond donors (Lipinski definition) is 2. The van der Waals surface area contributed by atoms with Crippen molar-refractivity contribution in [1.82, 2.24) is 34.8 Å². The molecule has 4 heterocycles. The van der Waals surface area contributed by atoms with Crippen LogP contribution in [0.4, 0.5) is 0 Å². The molecule has 0 atom stereocenters.